The van der Waals surface area contributed by atoms with Crippen molar-refractivity contribution in [1.82, 2.24) is 5.32 Å². The van der Waals surface area contributed by atoms with E-state index in [2.05, 4.69) is 5.32 Å². The number of hydrogen-bond acceptors (Lipinski definition) is 3. The molecule has 1 aromatic carbocycles. The number of hydrogen-bond donors (Lipinski definition) is 1. The Morgan fingerprint density at radius 3 is 2.73 bits per heavy atom. The van der Waals surface area contributed by atoms with E-state index in [0.29, 0.717) is 22.9 Å². The smallest absolute Gasteiger partial charge is 0.176 e. The molecule has 0 bridgehead atoms. The monoisotopic (exact) mass is 227 g/mol. The summed E-state index contributed by atoms with van der Waals surface area (Å²) in [7, 11) is 3.27. The summed E-state index contributed by atoms with van der Waals surface area (Å²) in [5, 5.41) is 3.37. The Morgan fingerprint density at radius 2 is 2.20 bits per heavy atom. The first-order chi connectivity index (χ1) is 7.10. The number of aryl methyl sites for hydroxylation is 1. The summed E-state index contributed by atoms with van der Waals surface area (Å²) in [6.45, 7) is 2.16. The number of rotatable bonds is 4. The molecular formula is C11H14ClNO2. The number of nitrogens with one attached hydrogen (secondary N) is 1. The van der Waals surface area contributed by atoms with Crippen molar-refractivity contribution in [2.45, 2.75) is 6.92 Å². The van der Waals surface area contributed by atoms with E-state index >= 15 is 0 Å². The van der Waals surface area contributed by atoms with E-state index in [0.717, 1.165) is 5.56 Å². The van der Waals surface area contributed by atoms with E-state index in [1.807, 2.05) is 6.92 Å². The minimum atomic E-state index is 0.0237. The summed E-state index contributed by atoms with van der Waals surface area (Å²) in [5.74, 6) is 0.562. The standard InChI is InChI=1S/C11H14ClNO2/c1-7-4-8(9(14)6-13-2)5-10(15-3)11(7)12/h4-5,13H,6H2,1-3H3. The van der Waals surface area contributed by atoms with E-state index in [1.54, 1.807) is 19.2 Å². The summed E-state index contributed by atoms with van der Waals surface area (Å²) in [6.07, 6.45) is 0. The summed E-state index contributed by atoms with van der Waals surface area (Å²) in [4.78, 5) is 11.6. The fourth-order valence-electron chi connectivity index (χ4n) is 1.31. The van der Waals surface area contributed by atoms with Gasteiger partial charge in [-0.05, 0) is 31.7 Å². The zero-order chi connectivity index (χ0) is 11.4. The molecule has 3 nitrogen and oxygen atoms in total. The quantitative estimate of drug-likeness (QED) is 0.801. The Morgan fingerprint density at radius 1 is 1.53 bits per heavy atom. The second-order valence-corrected chi connectivity index (χ2v) is 3.64. The Hall–Kier alpha value is -1.06. The molecule has 15 heavy (non-hydrogen) atoms. The van der Waals surface area contributed by atoms with Gasteiger partial charge in [-0.3, -0.25) is 4.79 Å². The van der Waals surface area contributed by atoms with Crippen LogP contribution >= 0.6 is 11.6 Å². The molecule has 0 aliphatic carbocycles. The first-order valence-corrected chi connectivity index (χ1v) is 5.00. The number of ether oxygens (including phenoxy) is 1. The molecule has 0 spiro atoms. The lowest BCUT2D eigenvalue weighted by Crippen LogP contribution is -2.18. The van der Waals surface area contributed by atoms with Crippen LogP contribution < -0.4 is 10.1 Å². The molecule has 1 N–H and O–H groups in total. The van der Waals surface area contributed by atoms with Gasteiger partial charge in [0, 0.05) is 5.56 Å². The first-order valence-electron chi connectivity index (χ1n) is 4.62. The maximum atomic E-state index is 11.6. The Bertz CT molecular complexity index is 377. The van der Waals surface area contributed by atoms with Crippen LogP contribution in [-0.4, -0.2) is 26.5 Å². The molecule has 0 unspecified atom stereocenters. The van der Waals surface area contributed by atoms with Gasteiger partial charge in [0.05, 0.1) is 18.7 Å². The molecule has 0 atom stereocenters. The van der Waals surface area contributed by atoms with Crippen LogP contribution in [0.4, 0.5) is 0 Å². The third kappa shape index (κ3) is 2.70. The van der Waals surface area contributed by atoms with Crippen molar-refractivity contribution in [3.63, 3.8) is 0 Å². The third-order valence-electron chi connectivity index (χ3n) is 2.10. The summed E-state index contributed by atoms with van der Waals surface area (Å²) in [6, 6.07) is 3.43. The number of methoxy groups -OCH3 is 1. The molecule has 4 heteroatoms. The fourth-order valence-corrected chi connectivity index (χ4v) is 1.50. The highest BCUT2D eigenvalue weighted by Crippen LogP contribution is 2.29. The maximum absolute atomic E-state index is 11.6. The van der Waals surface area contributed by atoms with Crippen molar-refractivity contribution in [3.8, 4) is 5.75 Å². The number of carbonyl (C=O) groups is 1. The minimum Gasteiger partial charge on any atom is -0.495 e. The topological polar surface area (TPSA) is 38.3 Å². The summed E-state index contributed by atoms with van der Waals surface area (Å²) < 4.78 is 5.09. The lowest BCUT2D eigenvalue weighted by molar-refractivity contribution is 0.0993. The molecule has 0 saturated carbocycles. The van der Waals surface area contributed by atoms with Gasteiger partial charge in [0.15, 0.2) is 5.78 Å². The normalized spacial score (nSPS) is 10.1. The SMILES string of the molecule is CNCC(=O)c1cc(C)c(Cl)c(OC)c1. The van der Waals surface area contributed by atoms with Crippen molar-refractivity contribution in [1.29, 1.82) is 0 Å². The summed E-state index contributed by atoms with van der Waals surface area (Å²) in [5.41, 5.74) is 1.46. The predicted molar refractivity (Wildman–Crippen MR) is 61.0 cm³/mol. The van der Waals surface area contributed by atoms with E-state index in [-0.39, 0.29) is 5.78 Å². The van der Waals surface area contributed by atoms with Gasteiger partial charge < -0.3 is 10.1 Å². The number of carbonyl (C=O) groups excluding carboxylic acids is 1. The van der Waals surface area contributed by atoms with Gasteiger partial charge in [-0.2, -0.15) is 0 Å². The van der Waals surface area contributed by atoms with Crippen molar-refractivity contribution < 1.29 is 9.53 Å². The van der Waals surface area contributed by atoms with Crippen molar-refractivity contribution in [2.24, 2.45) is 0 Å². The summed E-state index contributed by atoms with van der Waals surface area (Å²) >= 11 is 6.00. The van der Waals surface area contributed by atoms with E-state index in [1.165, 1.54) is 7.11 Å². The molecule has 0 fully saturated rings. The van der Waals surface area contributed by atoms with Gasteiger partial charge in [-0.15, -0.1) is 0 Å². The molecule has 0 radical (unpaired) electrons. The van der Waals surface area contributed by atoms with Crippen molar-refractivity contribution in [3.05, 3.63) is 28.3 Å². The van der Waals surface area contributed by atoms with Crippen LogP contribution in [0.5, 0.6) is 5.75 Å². The molecule has 0 amide bonds. The van der Waals surface area contributed by atoms with Crippen LogP contribution in [0, 0.1) is 6.92 Å². The minimum absolute atomic E-state index is 0.0237. The maximum Gasteiger partial charge on any atom is 0.176 e. The van der Waals surface area contributed by atoms with Gasteiger partial charge >= 0.3 is 0 Å². The lowest BCUT2D eigenvalue weighted by atomic mass is 10.1. The molecule has 0 aliphatic heterocycles. The van der Waals surface area contributed by atoms with Crippen LogP contribution in [0.3, 0.4) is 0 Å². The largest absolute Gasteiger partial charge is 0.495 e. The third-order valence-corrected chi connectivity index (χ3v) is 2.58. The zero-order valence-electron chi connectivity index (χ0n) is 9.06. The molecule has 82 valence electrons. The van der Waals surface area contributed by atoms with Crippen molar-refractivity contribution in [2.75, 3.05) is 20.7 Å². The average molecular weight is 228 g/mol. The number of halogens is 1. The molecule has 0 saturated heterocycles. The van der Waals surface area contributed by atoms with Gasteiger partial charge in [0.2, 0.25) is 0 Å². The van der Waals surface area contributed by atoms with E-state index < -0.39 is 0 Å². The van der Waals surface area contributed by atoms with E-state index in [4.69, 9.17) is 16.3 Å². The molecule has 0 aromatic heterocycles. The fraction of sp³-hybridized carbons (Fsp3) is 0.364. The molecule has 0 heterocycles. The van der Waals surface area contributed by atoms with Gasteiger partial charge in [-0.1, -0.05) is 11.6 Å². The molecular weight excluding hydrogens is 214 g/mol. The van der Waals surface area contributed by atoms with Crippen LogP contribution in [0.15, 0.2) is 12.1 Å². The van der Waals surface area contributed by atoms with Gasteiger partial charge in [-0.25, -0.2) is 0 Å². The Labute approximate surface area is 94.4 Å². The zero-order valence-corrected chi connectivity index (χ0v) is 9.81. The second kappa shape index (κ2) is 5.14. The predicted octanol–water partition coefficient (Wildman–Crippen LogP) is 2.06. The second-order valence-electron chi connectivity index (χ2n) is 3.26. The number of Topliss-reactive ketones (excluding diaryl/α,β-unsaturated/α-hetero) is 1. The molecule has 1 rings (SSSR count). The number of ketones is 1. The van der Waals surface area contributed by atoms with Gasteiger partial charge in [0.25, 0.3) is 0 Å². The van der Waals surface area contributed by atoms with E-state index in [9.17, 15) is 4.79 Å². The Balaban J connectivity index is 3.10. The lowest BCUT2D eigenvalue weighted by Gasteiger charge is -2.08. The van der Waals surface area contributed by atoms with Crippen LogP contribution in [-0.2, 0) is 0 Å². The average Bonchev–Trinajstić information content (AvgIpc) is 2.22. The van der Waals surface area contributed by atoms with Gasteiger partial charge in [0.1, 0.15) is 5.75 Å². The number of benzene rings is 1. The van der Waals surface area contributed by atoms with Crippen LogP contribution in [0.25, 0.3) is 0 Å². The first kappa shape index (κ1) is 12.0. The Kier molecular flexibility index (Phi) is 4.12. The number of likely N-dealkylation sites (N-methyl/N-ethyl adjacent to an activating group) is 1. The van der Waals surface area contributed by atoms with Crippen LogP contribution in [0.2, 0.25) is 5.02 Å². The highest BCUT2D eigenvalue weighted by molar-refractivity contribution is 6.33. The van der Waals surface area contributed by atoms with Crippen molar-refractivity contribution >= 4 is 17.4 Å². The molecule has 1 aromatic rings. The van der Waals surface area contributed by atoms with Crippen LogP contribution in [0.1, 0.15) is 15.9 Å². The highest BCUT2D eigenvalue weighted by atomic mass is 35.5. The molecule has 0 aliphatic rings. The highest BCUT2D eigenvalue weighted by Gasteiger charge is 2.11.